The summed E-state index contributed by atoms with van der Waals surface area (Å²) < 4.78 is 10.5. The van der Waals surface area contributed by atoms with Crippen molar-refractivity contribution in [2.45, 2.75) is 45.4 Å². The molecule has 1 aromatic carbocycles. The topological polar surface area (TPSA) is 59.9 Å². The van der Waals surface area contributed by atoms with E-state index in [0.717, 1.165) is 24.2 Å². The minimum Gasteiger partial charge on any atom is -0.454 e. The number of rotatable bonds is 8. The second-order valence-corrected chi connectivity index (χ2v) is 5.07. The molecule has 5 nitrogen and oxygen atoms in total. The van der Waals surface area contributed by atoms with E-state index in [1.54, 1.807) is 6.21 Å². The maximum absolute atomic E-state index is 11.6. The third kappa shape index (κ3) is 5.10. The Kier molecular flexibility index (Phi) is 6.06. The molecule has 0 saturated carbocycles. The number of hydrogen-bond donors (Lipinski definition) is 1. The van der Waals surface area contributed by atoms with Gasteiger partial charge in [0.05, 0.1) is 6.21 Å². The molecule has 0 spiro atoms. The number of unbranched alkanes of at least 4 members (excludes halogenated alkanes) is 4. The average Bonchev–Trinajstić information content (AvgIpc) is 2.94. The first-order chi connectivity index (χ1) is 10.3. The van der Waals surface area contributed by atoms with Crippen LogP contribution in [0.5, 0.6) is 11.5 Å². The fourth-order valence-corrected chi connectivity index (χ4v) is 2.12. The summed E-state index contributed by atoms with van der Waals surface area (Å²) in [6.45, 7) is 2.43. The van der Waals surface area contributed by atoms with Crippen molar-refractivity contribution in [3.05, 3.63) is 23.8 Å². The molecular formula is C16H22N2O3. The SMILES string of the molecule is CCCCCCCC(=O)N/N=C\c1ccc2c(c1)OCO2. The molecule has 1 aliphatic rings. The average molecular weight is 290 g/mol. The quantitative estimate of drug-likeness (QED) is 0.454. The molecule has 114 valence electrons. The molecule has 0 aromatic heterocycles. The van der Waals surface area contributed by atoms with Gasteiger partial charge < -0.3 is 9.47 Å². The molecule has 0 bridgehead atoms. The molecule has 0 saturated heterocycles. The number of benzene rings is 1. The highest BCUT2D eigenvalue weighted by Gasteiger charge is 2.12. The van der Waals surface area contributed by atoms with Crippen LogP contribution < -0.4 is 14.9 Å². The van der Waals surface area contributed by atoms with Crippen LogP contribution in [-0.4, -0.2) is 18.9 Å². The van der Waals surface area contributed by atoms with Crippen molar-refractivity contribution in [2.24, 2.45) is 5.10 Å². The fraction of sp³-hybridized carbons (Fsp3) is 0.500. The van der Waals surface area contributed by atoms with E-state index in [0.29, 0.717) is 12.2 Å². The van der Waals surface area contributed by atoms with Gasteiger partial charge in [0, 0.05) is 6.42 Å². The standard InChI is InChI=1S/C16H22N2O3/c1-2-3-4-5-6-7-16(19)18-17-11-13-8-9-14-15(10-13)21-12-20-14/h8-11H,2-7,12H2,1H3,(H,18,19)/b17-11-. The highest BCUT2D eigenvalue weighted by atomic mass is 16.7. The minimum atomic E-state index is -0.0384. The fourth-order valence-electron chi connectivity index (χ4n) is 2.12. The first kappa shape index (κ1) is 15.4. The maximum Gasteiger partial charge on any atom is 0.240 e. The molecule has 5 heteroatoms. The largest absolute Gasteiger partial charge is 0.454 e. The predicted molar refractivity (Wildman–Crippen MR) is 81.7 cm³/mol. The molecule has 1 N–H and O–H groups in total. The molecule has 1 amide bonds. The van der Waals surface area contributed by atoms with E-state index in [9.17, 15) is 4.79 Å². The van der Waals surface area contributed by atoms with Crippen molar-refractivity contribution in [1.82, 2.24) is 5.43 Å². The summed E-state index contributed by atoms with van der Waals surface area (Å²) in [4.78, 5) is 11.6. The molecule has 1 aromatic rings. The number of hydrazone groups is 1. The van der Waals surface area contributed by atoms with Crippen LogP contribution in [0.25, 0.3) is 0 Å². The Morgan fingerprint density at radius 3 is 2.90 bits per heavy atom. The summed E-state index contributed by atoms with van der Waals surface area (Å²) in [5.41, 5.74) is 3.41. The number of carbonyl (C=O) groups is 1. The number of carbonyl (C=O) groups excluding carboxylic acids is 1. The van der Waals surface area contributed by atoms with Crippen LogP contribution >= 0.6 is 0 Å². The first-order valence-electron chi connectivity index (χ1n) is 7.51. The van der Waals surface area contributed by atoms with Gasteiger partial charge in [-0.3, -0.25) is 4.79 Å². The number of nitrogens with one attached hydrogen (secondary N) is 1. The van der Waals surface area contributed by atoms with Gasteiger partial charge in [-0.05, 0) is 30.2 Å². The van der Waals surface area contributed by atoms with Gasteiger partial charge in [0.15, 0.2) is 11.5 Å². The Labute approximate surface area is 125 Å². The maximum atomic E-state index is 11.6. The van der Waals surface area contributed by atoms with Gasteiger partial charge in [0.2, 0.25) is 12.7 Å². The third-order valence-corrected chi connectivity index (χ3v) is 3.31. The summed E-state index contributed by atoms with van der Waals surface area (Å²) in [5, 5.41) is 3.96. The Balaban J connectivity index is 1.68. The second kappa shape index (κ2) is 8.29. The molecule has 0 aliphatic carbocycles. The highest BCUT2D eigenvalue weighted by molar-refractivity contribution is 5.83. The second-order valence-electron chi connectivity index (χ2n) is 5.07. The van der Waals surface area contributed by atoms with Gasteiger partial charge in [-0.1, -0.05) is 32.6 Å². The monoisotopic (exact) mass is 290 g/mol. The van der Waals surface area contributed by atoms with Crippen molar-refractivity contribution in [3.8, 4) is 11.5 Å². The Morgan fingerprint density at radius 1 is 1.24 bits per heavy atom. The molecule has 0 radical (unpaired) electrons. The van der Waals surface area contributed by atoms with E-state index in [1.165, 1.54) is 19.3 Å². The van der Waals surface area contributed by atoms with E-state index < -0.39 is 0 Å². The third-order valence-electron chi connectivity index (χ3n) is 3.31. The van der Waals surface area contributed by atoms with Crippen LogP contribution in [0.3, 0.4) is 0 Å². The van der Waals surface area contributed by atoms with Crippen molar-refractivity contribution in [1.29, 1.82) is 0 Å². The summed E-state index contributed by atoms with van der Waals surface area (Å²) >= 11 is 0. The Hall–Kier alpha value is -2.04. The van der Waals surface area contributed by atoms with Crippen molar-refractivity contribution >= 4 is 12.1 Å². The number of fused-ring (bicyclic) bond motifs is 1. The van der Waals surface area contributed by atoms with Gasteiger partial charge in [0.25, 0.3) is 0 Å². The number of ether oxygens (including phenoxy) is 2. The van der Waals surface area contributed by atoms with Crippen LogP contribution in [0.1, 0.15) is 51.0 Å². The predicted octanol–water partition coefficient (Wildman–Crippen LogP) is 3.23. The highest BCUT2D eigenvalue weighted by Crippen LogP contribution is 2.31. The summed E-state index contributed by atoms with van der Waals surface area (Å²) in [7, 11) is 0. The van der Waals surface area contributed by atoms with Gasteiger partial charge in [0.1, 0.15) is 0 Å². The van der Waals surface area contributed by atoms with Crippen LogP contribution in [0, 0.1) is 0 Å². The number of nitrogens with zero attached hydrogens (tertiary/aromatic N) is 1. The summed E-state index contributed by atoms with van der Waals surface area (Å²) in [6.07, 6.45) is 7.82. The molecule has 2 rings (SSSR count). The molecule has 0 unspecified atom stereocenters. The van der Waals surface area contributed by atoms with E-state index in [4.69, 9.17) is 9.47 Å². The molecule has 1 aliphatic heterocycles. The van der Waals surface area contributed by atoms with Crippen molar-refractivity contribution in [3.63, 3.8) is 0 Å². The van der Waals surface area contributed by atoms with E-state index in [1.807, 2.05) is 18.2 Å². The van der Waals surface area contributed by atoms with Crippen LogP contribution in [0.2, 0.25) is 0 Å². The Morgan fingerprint density at radius 2 is 2.05 bits per heavy atom. The minimum absolute atomic E-state index is 0.0384. The zero-order valence-electron chi connectivity index (χ0n) is 12.4. The lowest BCUT2D eigenvalue weighted by atomic mass is 10.1. The molecule has 21 heavy (non-hydrogen) atoms. The molecule has 0 atom stereocenters. The number of amides is 1. The first-order valence-corrected chi connectivity index (χ1v) is 7.51. The Bertz CT molecular complexity index is 500. The van der Waals surface area contributed by atoms with E-state index in [-0.39, 0.29) is 12.7 Å². The van der Waals surface area contributed by atoms with Crippen LogP contribution in [-0.2, 0) is 4.79 Å². The van der Waals surface area contributed by atoms with E-state index in [2.05, 4.69) is 17.5 Å². The van der Waals surface area contributed by atoms with E-state index >= 15 is 0 Å². The van der Waals surface area contributed by atoms with Crippen LogP contribution in [0.4, 0.5) is 0 Å². The summed E-state index contributed by atoms with van der Waals surface area (Å²) in [5.74, 6) is 1.41. The lowest BCUT2D eigenvalue weighted by molar-refractivity contribution is -0.121. The van der Waals surface area contributed by atoms with Gasteiger partial charge >= 0.3 is 0 Å². The number of hydrogen-bond acceptors (Lipinski definition) is 4. The van der Waals surface area contributed by atoms with Crippen LogP contribution in [0.15, 0.2) is 23.3 Å². The normalized spacial score (nSPS) is 12.8. The zero-order valence-corrected chi connectivity index (χ0v) is 12.4. The smallest absolute Gasteiger partial charge is 0.240 e. The lowest BCUT2D eigenvalue weighted by Crippen LogP contribution is -2.16. The molecule has 0 fully saturated rings. The lowest BCUT2D eigenvalue weighted by Gasteiger charge is -2.00. The van der Waals surface area contributed by atoms with Crippen molar-refractivity contribution in [2.75, 3.05) is 6.79 Å². The molecule has 1 heterocycles. The molecular weight excluding hydrogens is 268 g/mol. The van der Waals surface area contributed by atoms with Crippen molar-refractivity contribution < 1.29 is 14.3 Å². The zero-order chi connectivity index (χ0) is 14.9. The van der Waals surface area contributed by atoms with Gasteiger partial charge in [-0.25, -0.2) is 5.43 Å². The van der Waals surface area contributed by atoms with Gasteiger partial charge in [-0.2, -0.15) is 5.10 Å². The summed E-state index contributed by atoms with van der Waals surface area (Å²) in [6, 6.07) is 5.54. The van der Waals surface area contributed by atoms with Gasteiger partial charge in [-0.15, -0.1) is 0 Å².